The quantitative estimate of drug-likeness (QED) is 0.473. The molecule has 2 amide bonds. The lowest BCUT2D eigenvalue weighted by molar-refractivity contribution is -0.120. The molecule has 0 aliphatic carbocycles. The number of imide groups is 1. The van der Waals surface area contributed by atoms with Crippen LogP contribution in [0.5, 0.6) is 0 Å². The normalized spacial score (nSPS) is 13.9. The van der Waals surface area contributed by atoms with Crippen molar-refractivity contribution in [2.75, 3.05) is 10.2 Å². The molecule has 0 atom stereocenters. The summed E-state index contributed by atoms with van der Waals surface area (Å²) in [6.45, 7) is 5.70. The summed E-state index contributed by atoms with van der Waals surface area (Å²) in [6, 6.07) is 18.1. The standard InChI is InChI=1S/C25H20Cl2N2O2/c1-14-4-8-17(9-5-14)22-23(28-19-11-7-15(2)20(27)13-19)25(31)29(24(22)30)21-12-18(26)10-6-16(21)3/h4-13,28H,1-3H3. The lowest BCUT2D eigenvalue weighted by atomic mass is 10.0. The molecule has 3 aromatic rings. The van der Waals surface area contributed by atoms with Crippen molar-refractivity contribution in [3.8, 4) is 0 Å². The van der Waals surface area contributed by atoms with Crippen LogP contribution in [0.15, 0.2) is 66.4 Å². The first kappa shape index (κ1) is 21.2. The van der Waals surface area contributed by atoms with E-state index in [4.69, 9.17) is 23.2 Å². The minimum atomic E-state index is -0.442. The molecule has 0 aromatic heterocycles. The second-order valence-electron chi connectivity index (χ2n) is 7.58. The van der Waals surface area contributed by atoms with Gasteiger partial charge in [-0.2, -0.15) is 0 Å². The average molecular weight is 451 g/mol. The Labute approximate surface area is 191 Å². The second kappa shape index (κ2) is 8.22. The molecule has 156 valence electrons. The van der Waals surface area contributed by atoms with E-state index in [9.17, 15) is 9.59 Å². The fraction of sp³-hybridized carbons (Fsp3) is 0.120. The zero-order valence-electron chi connectivity index (χ0n) is 17.3. The van der Waals surface area contributed by atoms with Crippen molar-refractivity contribution in [3.63, 3.8) is 0 Å². The van der Waals surface area contributed by atoms with Crippen molar-refractivity contribution in [2.24, 2.45) is 0 Å². The highest BCUT2D eigenvalue weighted by molar-refractivity contribution is 6.46. The molecule has 4 rings (SSSR count). The molecular weight excluding hydrogens is 431 g/mol. The number of nitrogens with zero attached hydrogens (tertiary/aromatic N) is 1. The Kier molecular flexibility index (Phi) is 5.61. The van der Waals surface area contributed by atoms with Gasteiger partial charge in [-0.05, 0) is 61.7 Å². The molecule has 0 unspecified atom stereocenters. The molecule has 0 fully saturated rings. The van der Waals surface area contributed by atoms with Crippen LogP contribution in [-0.4, -0.2) is 11.8 Å². The van der Waals surface area contributed by atoms with E-state index in [1.807, 2.05) is 57.2 Å². The summed E-state index contributed by atoms with van der Waals surface area (Å²) in [5.74, 6) is -0.845. The molecule has 1 aliphatic rings. The molecule has 0 spiro atoms. The number of benzene rings is 3. The number of anilines is 2. The molecule has 4 nitrogen and oxygen atoms in total. The van der Waals surface area contributed by atoms with E-state index >= 15 is 0 Å². The van der Waals surface area contributed by atoms with Gasteiger partial charge in [0.15, 0.2) is 0 Å². The summed E-state index contributed by atoms with van der Waals surface area (Å²) in [5.41, 5.74) is 5.01. The molecule has 3 aromatic carbocycles. The summed E-state index contributed by atoms with van der Waals surface area (Å²) in [4.78, 5) is 28.2. The van der Waals surface area contributed by atoms with Crippen molar-refractivity contribution < 1.29 is 9.59 Å². The van der Waals surface area contributed by atoms with E-state index in [1.54, 1.807) is 24.3 Å². The van der Waals surface area contributed by atoms with Gasteiger partial charge in [-0.1, -0.05) is 65.2 Å². The molecule has 0 radical (unpaired) electrons. The number of halogens is 2. The zero-order valence-corrected chi connectivity index (χ0v) is 18.8. The highest BCUT2D eigenvalue weighted by atomic mass is 35.5. The summed E-state index contributed by atoms with van der Waals surface area (Å²) >= 11 is 12.4. The first-order valence-corrected chi connectivity index (χ1v) is 10.5. The van der Waals surface area contributed by atoms with Gasteiger partial charge in [-0.15, -0.1) is 0 Å². The van der Waals surface area contributed by atoms with Crippen molar-refractivity contribution in [1.82, 2.24) is 0 Å². The van der Waals surface area contributed by atoms with Crippen LogP contribution >= 0.6 is 23.2 Å². The predicted molar refractivity (Wildman–Crippen MR) is 127 cm³/mol. The fourth-order valence-electron chi connectivity index (χ4n) is 3.49. The van der Waals surface area contributed by atoms with Crippen LogP contribution in [0, 0.1) is 20.8 Å². The number of hydrogen-bond acceptors (Lipinski definition) is 3. The monoisotopic (exact) mass is 450 g/mol. The maximum Gasteiger partial charge on any atom is 0.282 e. The molecule has 0 saturated heterocycles. The van der Waals surface area contributed by atoms with Crippen LogP contribution in [0.2, 0.25) is 10.0 Å². The molecular formula is C25H20Cl2N2O2. The summed E-state index contributed by atoms with van der Waals surface area (Å²) < 4.78 is 0. The summed E-state index contributed by atoms with van der Waals surface area (Å²) in [5, 5.41) is 4.16. The molecule has 0 bridgehead atoms. The van der Waals surface area contributed by atoms with Gasteiger partial charge < -0.3 is 5.32 Å². The van der Waals surface area contributed by atoms with Gasteiger partial charge >= 0.3 is 0 Å². The van der Waals surface area contributed by atoms with Gasteiger partial charge in [0, 0.05) is 15.7 Å². The van der Waals surface area contributed by atoms with Crippen molar-refractivity contribution in [3.05, 3.63) is 98.7 Å². The lowest BCUT2D eigenvalue weighted by Gasteiger charge is -2.18. The molecule has 31 heavy (non-hydrogen) atoms. The van der Waals surface area contributed by atoms with Crippen molar-refractivity contribution in [1.29, 1.82) is 0 Å². The van der Waals surface area contributed by atoms with Crippen LogP contribution in [0.1, 0.15) is 22.3 Å². The smallest absolute Gasteiger partial charge is 0.282 e. The second-order valence-corrected chi connectivity index (χ2v) is 8.43. The minimum Gasteiger partial charge on any atom is -0.350 e. The third-order valence-electron chi connectivity index (χ3n) is 5.28. The number of rotatable bonds is 4. The van der Waals surface area contributed by atoms with Gasteiger partial charge in [-0.3, -0.25) is 9.59 Å². The largest absolute Gasteiger partial charge is 0.350 e. The third-order valence-corrected chi connectivity index (χ3v) is 5.92. The Bertz CT molecular complexity index is 1250. The molecule has 1 N–H and O–H groups in total. The zero-order chi connectivity index (χ0) is 22.3. The van der Waals surface area contributed by atoms with E-state index in [2.05, 4.69) is 5.32 Å². The first-order valence-electron chi connectivity index (χ1n) is 9.75. The van der Waals surface area contributed by atoms with Crippen molar-refractivity contribution in [2.45, 2.75) is 20.8 Å². The highest BCUT2D eigenvalue weighted by Crippen LogP contribution is 2.36. The van der Waals surface area contributed by atoms with E-state index in [0.717, 1.165) is 16.7 Å². The van der Waals surface area contributed by atoms with Crippen LogP contribution in [0.3, 0.4) is 0 Å². The third kappa shape index (κ3) is 3.97. The number of aryl methyl sites for hydroxylation is 3. The predicted octanol–water partition coefficient (Wildman–Crippen LogP) is 6.32. The van der Waals surface area contributed by atoms with Crippen LogP contribution in [0.25, 0.3) is 5.57 Å². The number of carbonyl (C=O) groups excluding carboxylic acids is 2. The number of carbonyl (C=O) groups is 2. The topological polar surface area (TPSA) is 49.4 Å². The number of hydrogen-bond donors (Lipinski definition) is 1. The Morgan fingerprint density at radius 1 is 0.774 bits per heavy atom. The number of amides is 2. The van der Waals surface area contributed by atoms with Gasteiger partial charge in [0.05, 0.1) is 11.3 Å². The van der Waals surface area contributed by atoms with E-state index < -0.39 is 11.8 Å². The SMILES string of the molecule is Cc1ccc(C2=C(Nc3ccc(C)c(Cl)c3)C(=O)N(c3cc(Cl)ccc3C)C2=O)cc1. The van der Waals surface area contributed by atoms with Gasteiger partial charge in [0.2, 0.25) is 0 Å². The van der Waals surface area contributed by atoms with Crippen molar-refractivity contribution >= 4 is 52.0 Å². The van der Waals surface area contributed by atoms with Crippen LogP contribution in [0.4, 0.5) is 11.4 Å². The van der Waals surface area contributed by atoms with Gasteiger partial charge in [0.25, 0.3) is 11.8 Å². The van der Waals surface area contributed by atoms with Crippen LogP contribution in [-0.2, 0) is 9.59 Å². The molecule has 6 heteroatoms. The average Bonchev–Trinajstić information content (AvgIpc) is 2.97. The molecule has 1 aliphatic heterocycles. The number of nitrogens with one attached hydrogen (secondary N) is 1. The molecule has 0 saturated carbocycles. The summed E-state index contributed by atoms with van der Waals surface area (Å²) in [7, 11) is 0. The fourth-order valence-corrected chi connectivity index (χ4v) is 3.84. The van der Waals surface area contributed by atoms with E-state index in [1.165, 1.54) is 4.90 Å². The molecule has 1 heterocycles. The maximum absolute atomic E-state index is 13.5. The Morgan fingerprint density at radius 3 is 2.13 bits per heavy atom. The van der Waals surface area contributed by atoms with Gasteiger partial charge in [0.1, 0.15) is 5.70 Å². The first-order chi connectivity index (χ1) is 14.8. The van der Waals surface area contributed by atoms with E-state index in [0.29, 0.717) is 32.6 Å². The lowest BCUT2D eigenvalue weighted by Crippen LogP contribution is -2.33. The van der Waals surface area contributed by atoms with E-state index in [-0.39, 0.29) is 5.70 Å². The highest BCUT2D eigenvalue weighted by Gasteiger charge is 2.40. The Morgan fingerprint density at radius 2 is 1.45 bits per heavy atom. The minimum absolute atomic E-state index is 0.202. The van der Waals surface area contributed by atoms with Crippen LogP contribution < -0.4 is 10.2 Å². The summed E-state index contributed by atoms with van der Waals surface area (Å²) in [6.07, 6.45) is 0. The Balaban J connectivity index is 1.85. The maximum atomic E-state index is 13.5. The Hall–Kier alpha value is -3.08. The van der Waals surface area contributed by atoms with Gasteiger partial charge in [-0.25, -0.2) is 4.90 Å².